The minimum absolute atomic E-state index is 0.00120. The van der Waals surface area contributed by atoms with Gasteiger partial charge in [0.1, 0.15) is 5.75 Å². The lowest BCUT2D eigenvalue weighted by Gasteiger charge is -2.32. The first kappa shape index (κ1) is 13.9. The zero-order chi connectivity index (χ0) is 13.8. The van der Waals surface area contributed by atoms with Gasteiger partial charge in [0, 0.05) is 19.7 Å². The quantitative estimate of drug-likeness (QED) is 0.905. The third-order valence-corrected chi connectivity index (χ3v) is 3.65. The smallest absolute Gasteiger partial charge is 0.257 e. The Morgan fingerprint density at radius 3 is 3.00 bits per heavy atom. The van der Waals surface area contributed by atoms with Gasteiger partial charge in [-0.25, -0.2) is 0 Å². The van der Waals surface area contributed by atoms with E-state index in [1.165, 1.54) is 0 Å². The van der Waals surface area contributed by atoms with Gasteiger partial charge in [0.25, 0.3) is 5.91 Å². The summed E-state index contributed by atoms with van der Waals surface area (Å²) < 4.78 is 5.27. The number of amides is 1. The Labute approximate surface area is 114 Å². The Morgan fingerprint density at radius 1 is 1.53 bits per heavy atom. The Balaban J connectivity index is 2.21. The number of rotatable bonds is 3. The molecule has 1 saturated heterocycles. The van der Waals surface area contributed by atoms with E-state index in [0.717, 1.165) is 24.9 Å². The number of aliphatic hydroxyl groups excluding tert-OH is 1. The zero-order valence-corrected chi connectivity index (χ0v) is 11.6. The third-order valence-electron chi connectivity index (χ3n) is 3.65. The number of piperidine rings is 1. The molecule has 1 N–H and O–H groups in total. The average Bonchev–Trinajstić information content (AvgIpc) is 2.46. The lowest BCUT2D eigenvalue weighted by Crippen LogP contribution is -2.41. The number of hydrogen-bond acceptors (Lipinski definition) is 3. The van der Waals surface area contributed by atoms with Gasteiger partial charge < -0.3 is 14.7 Å². The summed E-state index contributed by atoms with van der Waals surface area (Å²) in [5, 5.41) is 9.24. The molecule has 1 aliphatic heterocycles. The van der Waals surface area contributed by atoms with Crippen molar-refractivity contribution in [3.8, 4) is 5.75 Å². The minimum Gasteiger partial charge on any atom is -0.496 e. The van der Waals surface area contributed by atoms with E-state index >= 15 is 0 Å². The molecule has 0 radical (unpaired) electrons. The molecule has 1 unspecified atom stereocenters. The van der Waals surface area contributed by atoms with E-state index in [2.05, 4.69) is 0 Å². The van der Waals surface area contributed by atoms with E-state index in [0.29, 0.717) is 17.9 Å². The fraction of sp³-hybridized carbons (Fsp3) is 0.533. The normalized spacial score (nSPS) is 19.3. The van der Waals surface area contributed by atoms with Gasteiger partial charge in [-0.1, -0.05) is 11.6 Å². The van der Waals surface area contributed by atoms with Crippen molar-refractivity contribution in [3.05, 3.63) is 29.3 Å². The van der Waals surface area contributed by atoms with Gasteiger partial charge in [-0.15, -0.1) is 0 Å². The molecule has 19 heavy (non-hydrogen) atoms. The van der Waals surface area contributed by atoms with E-state index < -0.39 is 0 Å². The molecule has 104 valence electrons. The van der Waals surface area contributed by atoms with E-state index in [1.807, 2.05) is 30.0 Å². The van der Waals surface area contributed by atoms with Gasteiger partial charge in [0.2, 0.25) is 0 Å². The van der Waals surface area contributed by atoms with Gasteiger partial charge in [-0.2, -0.15) is 0 Å². The number of nitrogens with zero attached hydrogens (tertiary/aromatic N) is 1. The van der Waals surface area contributed by atoms with Crippen molar-refractivity contribution < 1.29 is 14.6 Å². The molecule has 0 aliphatic carbocycles. The topological polar surface area (TPSA) is 49.8 Å². The number of carbonyl (C=O) groups excluding carboxylic acids is 1. The third kappa shape index (κ3) is 3.07. The van der Waals surface area contributed by atoms with Crippen molar-refractivity contribution >= 4 is 5.91 Å². The van der Waals surface area contributed by atoms with Gasteiger partial charge >= 0.3 is 0 Å². The molecule has 1 aromatic carbocycles. The van der Waals surface area contributed by atoms with Crippen LogP contribution in [-0.2, 0) is 0 Å². The summed E-state index contributed by atoms with van der Waals surface area (Å²) in [6.45, 7) is 3.50. The summed E-state index contributed by atoms with van der Waals surface area (Å²) in [5.74, 6) is 0.814. The van der Waals surface area contributed by atoms with Crippen LogP contribution < -0.4 is 4.74 Å². The van der Waals surface area contributed by atoms with Crippen LogP contribution in [0.2, 0.25) is 0 Å². The maximum atomic E-state index is 12.6. The second kappa shape index (κ2) is 6.06. The van der Waals surface area contributed by atoms with Crippen molar-refractivity contribution in [1.82, 2.24) is 4.90 Å². The second-order valence-corrected chi connectivity index (χ2v) is 5.15. The summed E-state index contributed by atoms with van der Waals surface area (Å²) in [7, 11) is 1.58. The Morgan fingerprint density at radius 2 is 2.32 bits per heavy atom. The number of likely N-dealkylation sites (tertiary alicyclic amines) is 1. The van der Waals surface area contributed by atoms with Crippen molar-refractivity contribution in [3.63, 3.8) is 0 Å². The van der Waals surface area contributed by atoms with Crippen LogP contribution >= 0.6 is 0 Å². The van der Waals surface area contributed by atoms with Crippen LogP contribution in [0, 0.1) is 12.8 Å². The van der Waals surface area contributed by atoms with Gasteiger partial charge in [-0.3, -0.25) is 4.79 Å². The standard InChI is InChI=1S/C15H21NO3/c1-11-5-6-14(19-2)13(8-11)15(18)16-7-3-4-12(9-16)10-17/h5-6,8,12,17H,3-4,7,9-10H2,1-2H3. The van der Waals surface area contributed by atoms with Crippen LogP contribution in [0.1, 0.15) is 28.8 Å². The summed E-state index contributed by atoms with van der Waals surface area (Å²) >= 11 is 0. The molecule has 1 aliphatic rings. The highest BCUT2D eigenvalue weighted by molar-refractivity contribution is 5.97. The molecule has 4 heteroatoms. The monoisotopic (exact) mass is 263 g/mol. The molecule has 1 heterocycles. The summed E-state index contributed by atoms with van der Waals surface area (Å²) in [4.78, 5) is 14.4. The number of benzene rings is 1. The first-order valence-corrected chi connectivity index (χ1v) is 6.70. The van der Waals surface area contributed by atoms with Crippen molar-refractivity contribution in [1.29, 1.82) is 0 Å². The molecule has 0 aromatic heterocycles. The number of hydrogen-bond donors (Lipinski definition) is 1. The minimum atomic E-state index is -0.00120. The predicted octanol–water partition coefficient (Wildman–Crippen LogP) is 1.85. The molecule has 1 aromatic rings. The summed E-state index contributed by atoms with van der Waals surface area (Å²) in [6, 6.07) is 5.63. The summed E-state index contributed by atoms with van der Waals surface area (Å²) in [6.07, 6.45) is 1.94. The molecule has 1 amide bonds. The number of aliphatic hydroxyl groups is 1. The van der Waals surface area contributed by atoms with Crippen molar-refractivity contribution in [2.75, 3.05) is 26.8 Å². The highest BCUT2D eigenvalue weighted by Crippen LogP contribution is 2.24. The van der Waals surface area contributed by atoms with Crippen molar-refractivity contribution in [2.45, 2.75) is 19.8 Å². The fourth-order valence-electron chi connectivity index (χ4n) is 2.56. The molecule has 0 bridgehead atoms. The highest BCUT2D eigenvalue weighted by atomic mass is 16.5. The van der Waals surface area contributed by atoms with Crippen LogP contribution in [0.25, 0.3) is 0 Å². The number of aryl methyl sites for hydroxylation is 1. The van der Waals surface area contributed by atoms with Crippen LogP contribution in [0.15, 0.2) is 18.2 Å². The summed E-state index contributed by atoms with van der Waals surface area (Å²) in [5.41, 5.74) is 1.65. The molecule has 0 saturated carbocycles. The van der Waals surface area contributed by atoms with Gasteiger partial charge in [0.05, 0.1) is 12.7 Å². The van der Waals surface area contributed by atoms with Gasteiger partial charge in [-0.05, 0) is 37.8 Å². The molecule has 1 atom stereocenters. The first-order valence-electron chi connectivity index (χ1n) is 6.70. The van der Waals surface area contributed by atoms with Crippen molar-refractivity contribution in [2.24, 2.45) is 5.92 Å². The van der Waals surface area contributed by atoms with Crippen LogP contribution in [-0.4, -0.2) is 42.7 Å². The highest BCUT2D eigenvalue weighted by Gasteiger charge is 2.25. The lowest BCUT2D eigenvalue weighted by molar-refractivity contribution is 0.0617. The molecule has 4 nitrogen and oxygen atoms in total. The van der Waals surface area contributed by atoms with E-state index in [4.69, 9.17) is 4.74 Å². The Bertz CT molecular complexity index is 459. The van der Waals surface area contributed by atoms with Crippen LogP contribution in [0.3, 0.4) is 0 Å². The number of ether oxygens (including phenoxy) is 1. The van der Waals surface area contributed by atoms with Crippen LogP contribution in [0.5, 0.6) is 5.75 Å². The first-order chi connectivity index (χ1) is 9.15. The molecular weight excluding hydrogens is 242 g/mol. The van der Waals surface area contributed by atoms with E-state index in [1.54, 1.807) is 7.11 Å². The maximum Gasteiger partial charge on any atom is 0.257 e. The second-order valence-electron chi connectivity index (χ2n) is 5.15. The van der Waals surface area contributed by atoms with Crippen LogP contribution in [0.4, 0.5) is 0 Å². The fourth-order valence-corrected chi connectivity index (χ4v) is 2.56. The predicted molar refractivity (Wildman–Crippen MR) is 73.4 cm³/mol. The SMILES string of the molecule is COc1ccc(C)cc1C(=O)N1CCCC(CO)C1. The number of carbonyl (C=O) groups is 1. The largest absolute Gasteiger partial charge is 0.496 e. The molecule has 2 rings (SSSR count). The molecule has 1 fully saturated rings. The lowest BCUT2D eigenvalue weighted by atomic mass is 9.98. The van der Waals surface area contributed by atoms with E-state index in [-0.39, 0.29) is 18.4 Å². The zero-order valence-electron chi connectivity index (χ0n) is 11.6. The molecule has 0 spiro atoms. The van der Waals surface area contributed by atoms with Gasteiger partial charge in [0.15, 0.2) is 0 Å². The Kier molecular flexibility index (Phi) is 4.43. The number of methoxy groups -OCH3 is 1. The van der Waals surface area contributed by atoms with E-state index in [9.17, 15) is 9.90 Å². The Hall–Kier alpha value is -1.55. The average molecular weight is 263 g/mol. The maximum absolute atomic E-state index is 12.6. The molecular formula is C15H21NO3.